The number of amides is 1. The molecule has 0 radical (unpaired) electrons. The van der Waals surface area contributed by atoms with Gasteiger partial charge in [-0.15, -0.1) is 0 Å². The van der Waals surface area contributed by atoms with E-state index >= 15 is 0 Å². The lowest BCUT2D eigenvalue weighted by Gasteiger charge is -2.26. The van der Waals surface area contributed by atoms with Gasteiger partial charge in [0.1, 0.15) is 0 Å². The minimum Gasteiger partial charge on any atom is -0.393 e. The summed E-state index contributed by atoms with van der Waals surface area (Å²) in [6.45, 7) is 0.558. The fourth-order valence-electron chi connectivity index (χ4n) is 4.02. The molecule has 4 rings (SSSR count). The molecule has 0 bridgehead atoms. The lowest BCUT2D eigenvalue weighted by Crippen LogP contribution is -2.27. The molecule has 1 saturated carbocycles. The maximum Gasteiger partial charge on any atom is 0.326 e. The van der Waals surface area contributed by atoms with E-state index in [-0.39, 0.29) is 23.7 Å². The summed E-state index contributed by atoms with van der Waals surface area (Å²) in [6, 6.07) is 15.5. The van der Waals surface area contributed by atoms with Gasteiger partial charge >= 0.3 is 5.69 Å². The second-order valence-corrected chi connectivity index (χ2v) is 7.49. The first-order valence-electron chi connectivity index (χ1n) is 9.86. The van der Waals surface area contributed by atoms with Crippen LogP contribution in [0.2, 0.25) is 0 Å². The van der Waals surface area contributed by atoms with E-state index in [9.17, 15) is 14.7 Å². The number of aromatic nitrogens is 2. The van der Waals surface area contributed by atoms with Gasteiger partial charge in [-0.25, -0.2) is 4.79 Å². The summed E-state index contributed by atoms with van der Waals surface area (Å²) < 4.78 is 1.78. The lowest BCUT2D eigenvalue weighted by atomic mass is 9.93. The fourth-order valence-corrected chi connectivity index (χ4v) is 4.02. The Labute approximate surface area is 163 Å². The minimum atomic E-state index is -0.261. The number of hydrogen-bond donors (Lipinski definition) is 3. The quantitative estimate of drug-likeness (QED) is 0.637. The average Bonchev–Trinajstić information content (AvgIpc) is 3.04. The normalized spacial score (nSPS) is 19.6. The molecule has 0 atom stereocenters. The van der Waals surface area contributed by atoms with E-state index in [1.807, 2.05) is 36.4 Å². The molecule has 2 aromatic carbocycles. The molecule has 0 spiro atoms. The standard InChI is InChI=1S/C22H25N3O3/c26-18-9-7-17(8-10-18)25-20-11-6-16(14-19(20)24-22(25)28)21(27)23-13-12-15-4-2-1-3-5-15/h1-6,11,14,17-18,26H,7-10,12-13H2,(H,23,27)(H,24,28). The third-order valence-corrected chi connectivity index (χ3v) is 5.55. The van der Waals surface area contributed by atoms with Crippen LogP contribution in [0, 0.1) is 0 Å². The summed E-state index contributed by atoms with van der Waals surface area (Å²) in [5.74, 6) is -0.146. The van der Waals surface area contributed by atoms with Crippen LogP contribution in [0.4, 0.5) is 0 Å². The molecule has 28 heavy (non-hydrogen) atoms. The molecule has 1 heterocycles. The van der Waals surface area contributed by atoms with Crippen molar-refractivity contribution in [2.45, 2.75) is 44.2 Å². The van der Waals surface area contributed by atoms with Gasteiger partial charge in [0.05, 0.1) is 17.1 Å². The van der Waals surface area contributed by atoms with Crippen LogP contribution < -0.4 is 11.0 Å². The van der Waals surface area contributed by atoms with Crippen molar-refractivity contribution in [2.24, 2.45) is 0 Å². The maximum atomic E-state index is 12.5. The monoisotopic (exact) mass is 379 g/mol. The van der Waals surface area contributed by atoms with Gasteiger partial charge in [-0.3, -0.25) is 9.36 Å². The van der Waals surface area contributed by atoms with Crippen LogP contribution in [0.25, 0.3) is 11.0 Å². The van der Waals surface area contributed by atoms with Crippen LogP contribution >= 0.6 is 0 Å². The summed E-state index contributed by atoms with van der Waals surface area (Å²) in [5, 5.41) is 12.6. The van der Waals surface area contributed by atoms with Crippen molar-refractivity contribution >= 4 is 16.9 Å². The zero-order valence-electron chi connectivity index (χ0n) is 15.7. The number of aliphatic hydroxyl groups is 1. The highest BCUT2D eigenvalue weighted by Gasteiger charge is 2.24. The molecule has 3 N–H and O–H groups in total. The molecule has 1 aliphatic carbocycles. The number of aromatic amines is 1. The van der Waals surface area contributed by atoms with E-state index in [0.717, 1.165) is 24.8 Å². The van der Waals surface area contributed by atoms with Gasteiger partial charge in [0, 0.05) is 18.2 Å². The van der Waals surface area contributed by atoms with Crippen molar-refractivity contribution in [3.8, 4) is 0 Å². The number of fused-ring (bicyclic) bond motifs is 1. The predicted molar refractivity (Wildman–Crippen MR) is 109 cm³/mol. The van der Waals surface area contributed by atoms with Gasteiger partial charge in [-0.1, -0.05) is 30.3 Å². The van der Waals surface area contributed by atoms with Crippen molar-refractivity contribution in [1.29, 1.82) is 0 Å². The Morgan fingerprint density at radius 3 is 2.61 bits per heavy atom. The SMILES string of the molecule is O=C(NCCc1ccccc1)c1ccc2c(c1)[nH]c(=O)n2C1CCC(O)CC1. The zero-order valence-corrected chi connectivity index (χ0v) is 15.7. The summed E-state index contributed by atoms with van der Waals surface area (Å²) in [6.07, 6.45) is 3.52. The number of carbonyl (C=O) groups excluding carboxylic acids is 1. The summed E-state index contributed by atoms with van der Waals surface area (Å²) in [7, 11) is 0. The minimum absolute atomic E-state index is 0.0928. The molecule has 146 valence electrons. The molecular weight excluding hydrogens is 354 g/mol. The Morgan fingerprint density at radius 2 is 1.86 bits per heavy atom. The van der Waals surface area contributed by atoms with Crippen LogP contribution in [0.5, 0.6) is 0 Å². The average molecular weight is 379 g/mol. The first-order valence-corrected chi connectivity index (χ1v) is 9.86. The van der Waals surface area contributed by atoms with E-state index in [4.69, 9.17) is 0 Å². The lowest BCUT2D eigenvalue weighted by molar-refractivity contribution is 0.0954. The zero-order chi connectivity index (χ0) is 19.5. The molecule has 0 saturated heterocycles. The Balaban J connectivity index is 1.47. The Morgan fingerprint density at radius 1 is 1.11 bits per heavy atom. The van der Waals surface area contributed by atoms with E-state index in [1.54, 1.807) is 16.7 Å². The molecule has 1 fully saturated rings. The van der Waals surface area contributed by atoms with Gasteiger partial charge in [0.25, 0.3) is 5.91 Å². The molecule has 1 aromatic heterocycles. The van der Waals surface area contributed by atoms with E-state index in [2.05, 4.69) is 10.3 Å². The molecule has 1 aliphatic rings. The first-order chi connectivity index (χ1) is 13.6. The van der Waals surface area contributed by atoms with Gasteiger partial charge in [0.2, 0.25) is 0 Å². The van der Waals surface area contributed by atoms with Crippen LogP contribution in [-0.4, -0.2) is 33.2 Å². The predicted octanol–water partition coefficient (Wildman–Crippen LogP) is 2.78. The maximum absolute atomic E-state index is 12.5. The van der Waals surface area contributed by atoms with Crippen LogP contribution in [0.15, 0.2) is 53.3 Å². The first kappa shape index (κ1) is 18.5. The molecule has 0 aliphatic heterocycles. The number of H-pyrrole nitrogens is 1. The van der Waals surface area contributed by atoms with Gasteiger partial charge in [-0.05, 0) is 55.9 Å². The van der Waals surface area contributed by atoms with Crippen LogP contribution in [0.3, 0.4) is 0 Å². The topological polar surface area (TPSA) is 87.1 Å². The fraction of sp³-hybridized carbons (Fsp3) is 0.364. The number of nitrogens with zero attached hydrogens (tertiary/aromatic N) is 1. The van der Waals surface area contributed by atoms with Crippen molar-refractivity contribution < 1.29 is 9.90 Å². The van der Waals surface area contributed by atoms with Crippen LogP contribution in [-0.2, 0) is 6.42 Å². The number of imidazole rings is 1. The molecular formula is C22H25N3O3. The van der Waals surface area contributed by atoms with E-state index < -0.39 is 0 Å². The third-order valence-electron chi connectivity index (χ3n) is 5.55. The number of benzene rings is 2. The Kier molecular flexibility index (Phi) is 5.30. The van der Waals surface area contributed by atoms with Crippen molar-refractivity contribution in [3.63, 3.8) is 0 Å². The number of aliphatic hydroxyl groups excluding tert-OH is 1. The largest absolute Gasteiger partial charge is 0.393 e. The summed E-state index contributed by atoms with van der Waals surface area (Å²) in [5.41, 5.74) is 3.04. The molecule has 6 nitrogen and oxygen atoms in total. The molecule has 0 unspecified atom stereocenters. The van der Waals surface area contributed by atoms with Crippen LogP contribution in [0.1, 0.15) is 47.6 Å². The number of hydrogen-bond acceptors (Lipinski definition) is 3. The molecule has 3 aromatic rings. The van der Waals surface area contributed by atoms with E-state index in [1.165, 1.54) is 5.56 Å². The Hall–Kier alpha value is -2.86. The van der Waals surface area contributed by atoms with Crippen molar-refractivity contribution in [1.82, 2.24) is 14.9 Å². The van der Waals surface area contributed by atoms with E-state index in [0.29, 0.717) is 30.5 Å². The third kappa shape index (κ3) is 3.87. The van der Waals surface area contributed by atoms with Crippen molar-refractivity contribution in [3.05, 3.63) is 70.1 Å². The summed E-state index contributed by atoms with van der Waals surface area (Å²) in [4.78, 5) is 27.8. The van der Waals surface area contributed by atoms with Gasteiger partial charge in [-0.2, -0.15) is 0 Å². The van der Waals surface area contributed by atoms with Gasteiger partial charge < -0.3 is 15.4 Å². The second-order valence-electron chi connectivity index (χ2n) is 7.49. The van der Waals surface area contributed by atoms with Crippen molar-refractivity contribution in [2.75, 3.05) is 6.54 Å². The Bertz CT molecular complexity index is 1010. The second kappa shape index (κ2) is 8.02. The highest BCUT2D eigenvalue weighted by atomic mass is 16.3. The summed E-state index contributed by atoms with van der Waals surface area (Å²) >= 11 is 0. The molecule has 1 amide bonds. The van der Waals surface area contributed by atoms with Gasteiger partial charge in [0.15, 0.2) is 0 Å². The number of nitrogens with one attached hydrogen (secondary N) is 2. The highest BCUT2D eigenvalue weighted by Crippen LogP contribution is 2.29. The smallest absolute Gasteiger partial charge is 0.326 e. The highest BCUT2D eigenvalue weighted by molar-refractivity contribution is 5.97. The number of carbonyl (C=O) groups is 1. The molecule has 6 heteroatoms. The number of rotatable bonds is 5.